The second-order valence-electron chi connectivity index (χ2n) is 4.70. The number of benzene rings is 2. The van der Waals surface area contributed by atoms with Crippen molar-refractivity contribution >= 4 is 17.8 Å². The molecule has 0 heterocycles. The third-order valence-electron chi connectivity index (χ3n) is 3.07. The van der Waals surface area contributed by atoms with Gasteiger partial charge in [0.1, 0.15) is 5.75 Å². The van der Waals surface area contributed by atoms with E-state index in [0.29, 0.717) is 17.2 Å². The van der Waals surface area contributed by atoms with Gasteiger partial charge in [-0.3, -0.25) is 0 Å². The van der Waals surface area contributed by atoms with E-state index in [1.54, 1.807) is 43.3 Å². The number of halogens is 1. The molecule has 0 spiro atoms. The van der Waals surface area contributed by atoms with Crippen molar-refractivity contribution in [2.24, 2.45) is 0 Å². The standard InChI is InChI=1S/C17H17ClO4/c1-2-21-17(20)22-15-9-5-13(6-10-15)16(19)11-12-3-7-14(18)8-4-12/h3-10,16,19H,2,11H2,1H3. The summed E-state index contributed by atoms with van der Waals surface area (Å²) in [4.78, 5) is 11.2. The molecule has 5 heteroatoms. The fraction of sp³-hybridized carbons (Fsp3) is 0.235. The lowest BCUT2D eigenvalue weighted by Crippen LogP contribution is -2.10. The fourth-order valence-corrected chi connectivity index (χ4v) is 2.09. The summed E-state index contributed by atoms with van der Waals surface area (Å²) in [6.07, 6.45) is -0.898. The van der Waals surface area contributed by atoms with Gasteiger partial charge in [0.25, 0.3) is 0 Å². The van der Waals surface area contributed by atoms with E-state index in [1.807, 2.05) is 12.1 Å². The highest BCUT2D eigenvalue weighted by molar-refractivity contribution is 6.30. The molecule has 116 valence electrons. The van der Waals surface area contributed by atoms with Gasteiger partial charge in [0.2, 0.25) is 0 Å². The SMILES string of the molecule is CCOC(=O)Oc1ccc(C(O)Cc2ccc(Cl)cc2)cc1. The van der Waals surface area contributed by atoms with Crippen LogP contribution in [-0.2, 0) is 11.2 Å². The predicted octanol–water partition coefficient (Wildman–Crippen LogP) is 4.15. The van der Waals surface area contributed by atoms with Crippen LogP contribution >= 0.6 is 11.6 Å². The first-order chi connectivity index (χ1) is 10.6. The van der Waals surface area contributed by atoms with Crippen LogP contribution in [0.3, 0.4) is 0 Å². The molecule has 0 fully saturated rings. The lowest BCUT2D eigenvalue weighted by molar-refractivity contribution is 0.104. The number of hydrogen-bond acceptors (Lipinski definition) is 4. The van der Waals surface area contributed by atoms with Gasteiger partial charge < -0.3 is 14.6 Å². The van der Waals surface area contributed by atoms with Gasteiger partial charge in [-0.15, -0.1) is 0 Å². The molecule has 1 N–H and O–H groups in total. The zero-order valence-corrected chi connectivity index (χ0v) is 12.9. The number of carbonyl (C=O) groups is 1. The molecule has 0 amide bonds. The number of hydrogen-bond donors (Lipinski definition) is 1. The molecular weight excluding hydrogens is 304 g/mol. The summed E-state index contributed by atoms with van der Waals surface area (Å²) in [5, 5.41) is 10.9. The average molecular weight is 321 g/mol. The predicted molar refractivity (Wildman–Crippen MR) is 84.2 cm³/mol. The Labute approximate surface area is 134 Å². The Hall–Kier alpha value is -2.04. The molecule has 0 radical (unpaired) electrons. The zero-order chi connectivity index (χ0) is 15.9. The Morgan fingerprint density at radius 3 is 2.36 bits per heavy atom. The average Bonchev–Trinajstić information content (AvgIpc) is 2.50. The summed E-state index contributed by atoms with van der Waals surface area (Å²) in [5.74, 6) is 0.376. The van der Waals surface area contributed by atoms with Crippen LogP contribution in [0.1, 0.15) is 24.2 Å². The van der Waals surface area contributed by atoms with Crippen molar-refractivity contribution in [1.82, 2.24) is 0 Å². The highest BCUT2D eigenvalue weighted by atomic mass is 35.5. The van der Waals surface area contributed by atoms with Crippen molar-refractivity contribution in [3.8, 4) is 5.75 Å². The Morgan fingerprint density at radius 1 is 1.14 bits per heavy atom. The summed E-state index contributed by atoms with van der Waals surface area (Å²) >= 11 is 5.83. The van der Waals surface area contributed by atoms with Crippen molar-refractivity contribution < 1.29 is 19.4 Å². The van der Waals surface area contributed by atoms with Crippen molar-refractivity contribution in [2.75, 3.05) is 6.61 Å². The number of aliphatic hydroxyl groups excluding tert-OH is 1. The fourth-order valence-electron chi connectivity index (χ4n) is 1.96. The lowest BCUT2D eigenvalue weighted by Gasteiger charge is -2.12. The van der Waals surface area contributed by atoms with Gasteiger partial charge in [-0.05, 0) is 42.3 Å². The van der Waals surface area contributed by atoms with Gasteiger partial charge in [0.15, 0.2) is 0 Å². The molecule has 0 bridgehead atoms. The van der Waals surface area contributed by atoms with E-state index in [9.17, 15) is 9.90 Å². The van der Waals surface area contributed by atoms with Gasteiger partial charge in [-0.1, -0.05) is 35.9 Å². The Balaban J connectivity index is 1.97. The van der Waals surface area contributed by atoms with Crippen LogP contribution in [0.15, 0.2) is 48.5 Å². The minimum Gasteiger partial charge on any atom is -0.434 e. The third kappa shape index (κ3) is 4.76. The second kappa shape index (κ2) is 7.82. The molecule has 1 unspecified atom stereocenters. The third-order valence-corrected chi connectivity index (χ3v) is 3.32. The zero-order valence-electron chi connectivity index (χ0n) is 12.2. The van der Waals surface area contributed by atoms with E-state index in [2.05, 4.69) is 0 Å². The molecule has 2 aromatic carbocycles. The first kappa shape index (κ1) is 16.3. The highest BCUT2D eigenvalue weighted by Crippen LogP contribution is 2.22. The van der Waals surface area contributed by atoms with Crippen molar-refractivity contribution in [3.63, 3.8) is 0 Å². The van der Waals surface area contributed by atoms with Crippen molar-refractivity contribution in [2.45, 2.75) is 19.4 Å². The largest absolute Gasteiger partial charge is 0.513 e. The molecule has 4 nitrogen and oxygen atoms in total. The van der Waals surface area contributed by atoms with E-state index >= 15 is 0 Å². The van der Waals surface area contributed by atoms with Crippen LogP contribution in [-0.4, -0.2) is 17.9 Å². The van der Waals surface area contributed by atoms with Gasteiger partial charge in [-0.25, -0.2) is 4.79 Å². The smallest absolute Gasteiger partial charge is 0.434 e. The minimum absolute atomic E-state index is 0.261. The van der Waals surface area contributed by atoms with E-state index in [1.165, 1.54) is 0 Å². The molecular formula is C17H17ClO4. The maximum atomic E-state index is 11.2. The quantitative estimate of drug-likeness (QED) is 0.664. The van der Waals surface area contributed by atoms with Crippen LogP contribution in [0.5, 0.6) is 5.75 Å². The Kier molecular flexibility index (Phi) is 5.81. The molecule has 0 aliphatic heterocycles. The summed E-state index contributed by atoms with van der Waals surface area (Å²) in [5.41, 5.74) is 1.73. The number of rotatable bonds is 5. The molecule has 0 saturated heterocycles. The monoisotopic (exact) mass is 320 g/mol. The molecule has 0 aliphatic carbocycles. The van der Waals surface area contributed by atoms with Gasteiger partial charge in [0.05, 0.1) is 12.7 Å². The van der Waals surface area contributed by atoms with E-state index < -0.39 is 12.3 Å². The molecule has 2 rings (SSSR count). The number of aliphatic hydroxyl groups is 1. The number of ether oxygens (including phenoxy) is 2. The topological polar surface area (TPSA) is 55.8 Å². The van der Waals surface area contributed by atoms with E-state index in [4.69, 9.17) is 21.1 Å². The van der Waals surface area contributed by atoms with Crippen LogP contribution in [0.2, 0.25) is 5.02 Å². The van der Waals surface area contributed by atoms with Gasteiger partial charge in [-0.2, -0.15) is 0 Å². The number of carbonyl (C=O) groups excluding carboxylic acids is 1. The van der Waals surface area contributed by atoms with E-state index in [0.717, 1.165) is 11.1 Å². The summed E-state index contributed by atoms with van der Waals surface area (Å²) in [7, 11) is 0. The van der Waals surface area contributed by atoms with Crippen LogP contribution < -0.4 is 4.74 Å². The summed E-state index contributed by atoms with van der Waals surface area (Å²) in [6, 6.07) is 14.0. The van der Waals surface area contributed by atoms with E-state index in [-0.39, 0.29) is 6.61 Å². The van der Waals surface area contributed by atoms with Gasteiger partial charge >= 0.3 is 6.16 Å². The highest BCUT2D eigenvalue weighted by Gasteiger charge is 2.10. The molecule has 0 aliphatic rings. The van der Waals surface area contributed by atoms with Crippen molar-refractivity contribution in [3.05, 3.63) is 64.7 Å². The normalized spacial score (nSPS) is 11.8. The van der Waals surface area contributed by atoms with Crippen LogP contribution in [0.25, 0.3) is 0 Å². The lowest BCUT2D eigenvalue weighted by atomic mass is 10.0. The van der Waals surface area contributed by atoms with Gasteiger partial charge in [0, 0.05) is 11.4 Å². The first-order valence-corrected chi connectivity index (χ1v) is 7.33. The maximum absolute atomic E-state index is 11.2. The molecule has 0 saturated carbocycles. The molecule has 2 aromatic rings. The first-order valence-electron chi connectivity index (χ1n) is 6.95. The summed E-state index contributed by atoms with van der Waals surface area (Å²) in [6.45, 7) is 1.97. The molecule has 22 heavy (non-hydrogen) atoms. The maximum Gasteiger partial charge on any atom is 0.513 e. The Bertz CT molecular complexity index is 608. The van der Waals surface area contributed by atoms with Crippen LogP contribution in [0.4, 0.5) is 4.79 Å². The molecule has 1 atom stereocenters. The Morgan fingerprint density at radius 2 is 1.77 bits per heavy atom. The molecule has 0 aromatic heterocycles. The van der Waals surface area contributed by atoms with Crippen molar-refractivity contribution in [1.29, 1.82) is 0 Å². The summed E-state index contributed by atoms with van der Waals surface area (Å²) < 4.78 is 9.65. The minimum atomic E-state index is -0.739. The second-order valence-corrected chi connectivity index (χ2v) is 5.14. The van der Waals surface area contributed by atoms with Crippen LogP contribution in [0, 0.1) is 0 Å².